The SMILES string of the molecule is CC(C)(Oc1cccc([N+](=O)[O-])c1)C(=O)Nc1ncc(Cl)s1. The molecule has 0 fully saturated rings. The van der Waals surface area contributed by atoms with Crippen molar-refractivity contribution >= 4 is 39.7 Å². The molecule has 116 valence electrons. The molecule has 0 saturated carbocycles. The second-order valence-electron chi connectivity index (χ2n) is 4.79. The van der Waals surface area contributed by atoms with Gasteiger partial charge in [0.2, 0.25) is 0 Å². The molecule has 2 aromatic rings. The van der Waals surface area contributed by atoms with Crippen molar-refractivity contribution in [2.45, 2.75) is 19.4 Å². The van der Waals surface area contributed by atoms with Gasteiger partial charge in [0.1, 0.15) is 10.1 Å². The summed E-state index contributed by atoms with van der Waals surface area (Å²) in [7, 11) is 0. The molecule has 1 heterocycles. The van der Waals surface area contributed by atoms with E-state index in [-0.39, 0.29) is 11.4 Å². The summed E-state index contributed by atoms with van der Waals surface area (Å²) in [6, 6.07) is 5.64. The first-order valence-electron chi connectivity index (χ1n) is 6.14. The van der Waals surface area contributed by atoms with E-state index in [0.29, 0.717) is 9.47 Å². The number of nitro groups is 1. The number of nitrogens with one attached hydrogen (secondary N) is 1. The highest BCUT2D eigenvalue weighted by atomic mass is 35.5. The minimum atomic E-state index is -1.24. The number of rotatable bonds is 5. The summed E-state index contributed by atoms with van der Waals surface area (Å²) in [5.74, 6) is -0.212. The van der Waals surface area contributed by atoms with Gasteiger partial charge in [0.15, 0.2) is 10.7 Å². The van der Waals surface area contributed by atoms with Crippen LogP contribution in [0, 0.1) is 10.1 Å². The second-order valence-corrected chi connectivity index (χ2v) is 6.45. The maximum atomic E-state index is 12.2. The summed E-state index contributed by atoms with van der Waals surface area (Å²) in [6.07, 6.45) is 1.43. The van der Waals surface area contributed by atoms with Crippen LogP contribution in [0.5, 0.6) is 5.75 Å². The third-order valence-electron chi connectivity index (χ3n) is 2.65. The van der Waals surface area contributed by atoms with Gasteiger partial charge in [-0.1, -0.05) is 29.0 Å². The molecule has 1 N–H and O–H groups in total. The maximum Gasteiger partial charge on any atom is 0.273 e. The number of aromatic nitrogens is 1. The van der Waals surface area contributed by atoms with Gasteiger partial charge < -0.3 is 4.74 Å². The van der Waals surface area contributed by atoms with Crippen molar-refractivity contribution in [3.05, 3.63) is 44.9 Å². The van der Waals surface area contributed by atoms with Gasteiger partial charge in [0, 0.05) is 6.07 Å². The molecule has 2 rings (SSSR count). The average molecular weight is 342 g/mol. The minimum Gasteiger partial charge on any atom is -0.478 e. The van der Waals surface area contributed by atoms with Crippen LogP contribution >= 0.6 is 22.9 Å². The van der Waals surface area contributed by atoms with Crippen LogP contribution < -0.4 is 10.1 Å². The minimum absolute atomic E-state index is 0.111. The van der Waals surface area contributed by atoms with Crippen LogP contribution in [-0.4, -0.2) is 21.4 Å². The maximum absolute atomic E-state index is 12.2. The zero-order chi connectivity index (χ0) is 16.3. The standard InChI is InChI=1S/C13H12ClN3O4S/c1-13(2,11(18)16-12-15-7-10(14)22-12)21-9-5-3-4-8(6-9)17(19)20/h3-7H,1-2H3,(H,15,16,18). The number of carbonyl (C=O) groups is 1. The molecule has 0 aliphatic rings. The van der Waals surface area contributed by atoms with E-state index >= 15 is 0 Å². The molecule has 1 amide bonds. The van der Waals surface area contributed by atoms with Gasteiger partial charge in [-0.2, -0.15) is 0 Å². The molecule has 0 spiro atoms. The predicted octanol–water partition coefficient (Wildman–Crippen LogP) is 3.50. The van der Waals surface area contributed by atoms with Gasteiger partial charge >= 0.3 is 0 Å². The normalized spacial score (nSPS) is 11.0. The monoisotopic (exact) mass is 341 g/mol. The molecule has 1 aromatic carbocycles. The topological polar surface area (TPSA) is 94.4 Å². The van der Waals surface area contributed by atoms with E-state index in [1.807, 2.05) is 0 Å². The fraction of sp³-hybridized carbons (Fsp3) is 0.231. The largest absolute Gasteiger partial charge is 0.478 e. The molecule has 22 heavy (non-hydrogen) atoms. The zero-order valence-corrected chi connectivity index (χ0v) is 13.3. The first-order chi connectivity index (χ1) is 10.3. The fourth-order valence-corrected chi connectivity index (χ4v) is 2.37. The lowest BCUT2D eigenvalue weighted by molar-refractivity contribution is -0.385. The predicted molar refractivity (Wildman–Crippen MR) is 83.6 cm³/mol. The lowest BCUT2D eigenvalue weighted by atomic mass is 10.1. The van der Waals surface area contributed by atoms with Crippen LogP contribution in [0.3, 0.4) is 0 Å². The number of ether oxygens (including phenoxy) is 1. The van der Waals surface area contributed by atoms with Crippen molar-refractivity contribution in [2.75, 3.05) is 5.32 Å². The molecule has 0 saturated heterocycles. The number of nitro benzene ring substituents is 1. The van der Waals surface area contributed by atoms with Gasteiger partial charge in [-0.25, -0.2) is 4.98 Å². The molecule has 0 aliphatic carbocycles. The number of nitrogens with zero attached hydrogens (tertiary/aromatic N) is 2. The number of amides is 1. The van der Waals surface area contributed by atoms with Crippen LogP contribution in [0.2, 0.25) is 4.34 Å². The van der Waals surface area contributed by atoms with Gasteiger partial charge in [-0.15, -0.1) is 0 Å². The molecule has 1 aromatic heterocycles. The highest BCUT2D eigenvalue weighted by molar-refractivity contribution is 7.19. The van der Waals surface area contributed by atoms with Gasteiger partial charge in [-0.3, -0.25) is 20.2 Å². The Morgan fingerprint density at radius 1 is 1.50 bits per heavy atom. The Hall–Kier alpha value is -2.19. The highest BCUT2D eigenvalue weighted by Crippen LogP contribution is 2.26. The molecule has 0 aliphatic heterocycles. The molecule has 0 bridgehead atoms. The lowest BCUT2D eigenvalue weighted by Crippen LogP contribution is -2.42. The molecule has 9 heteroatoms. The Morgan fingerprint density at radius 2 is 2.23 bits per heavy atom. The summed E-state index contributed by atoms with van der Waals surface area (Å²) in [5, 5.41) is 13.7. The zero-order valence-electron chi connectivity index (χ0n) is 11.7. The number of anilines is 1. The van der Waals surface area contributed by atoms with Crippen LogP contribution in [0.4, 0.5) is 10.8 Å². The van der Waals surface area contributed by atoms with Crippen LogP contribution in [0.1, 0.15) is 13.8 Å². The summed E-state index contributed by atoms with van der Waals surface area (Å²) < 4.78 is 6.01. The number of non-ortho nitro benzene ring substituents is 1. The van der Waals surface area contributed by atoms with Crippen LogP contribution in [0.15, 0.2) is 30.5 Å². The molecule has 7 nitrogen and oxygen atoms in total. The third-order valence-corrected chi connectivity index (χ3v) is 3.68. The smallest absolute Gasteiger partial charge is 0.273 e. The Morgan fingerprint density at radius 3 is 2.82 bits per heavy atom. The summed E-state index contributed by atoms with van der Waals surface area (Å²) in [6.45, 7) is 3.10. The summed E-state index contributed by atoms with van der Waals surface area (Å²) in [4.78, 5) is 26.4. The second kappa shape index (κ2) is 6.29. The van der Waals surface area contributed by atoms with Crippen molar-refractivity contribution in [1.82, 2.24) is 4.98 Å². The van der Waals surface area contributed by atoms with Gasteiger partial charge in [0.05, 0.1) is 17.2 Å². The number of halogens is 1. The van der Waals surface area contributed by atoms with Gasteiger partial charge in [-0.05, 0) is 19.9 Å². The van der Waals surface area contributed by atoms with E-state index < -0.39 is 16.4 Å². The number of carbonyl (C=O) groups excluding carboxylic acids is 1. The Balaban J connectivity index is 2.11. The number of thiazole rings is 1. The van der Waals surface area contributed by atoms with E-state index in [1.165, 1.54) is 24.4 Å². The highest BCUT2D eigenvalue weighted by Gasteiger charge is 2.31. The van der Waals surface area contributed by atoms with Crippen molar-refractivity contribution in [2.24, 2.45) is 0 Å². The Labute approximate surface area is 135 Å². The first-order valence-corrected chi connectivity index (χ1v) is 7.33. The molecule has 0 unspecified atom stereocenters. The van der Waals surface area contributed by atoms with E-state index in [1.54, 1.807) is 19.9 Å². The lowest BCUT2D eigenvalue weighted by Gasteiger charge is -2.24. The van der Waals surface area contributed by atoms with Crippen molar-refractivity contribution < 1.29 is 14.5 Å². The Bertz CT molecular complexity index is 717. The van der Waals surface area contributed by atoms with Crippen molar-refractivity contribution in [3.63, 3.8) is 0 Å². The Kier molecular flexibility index (Phi) is 4.62. The van der Waals surface area contributed by atoms with E-state index in [9.17, 15) is 14.9 Å². The van der Waals surface area contributed by atoms with Crippen molar-refractivity contribution in [3.8, 4) is 5.75 Å². The van der Waals surface area contributed by atoms with Crippen LogP contribution in [-0.2, 0) is 4.79 Å². The van der Waals surface area contributed by atoms with Gasteiger partial charge in [0.25, 0.3) is 11.6 Å². The van der Waals surface area contributed by atoms with E-state index in [2.05, 4.69) is 10.3 Å². The van der Waals surface area contributed by atoms with E-state index in [0.717, 1.165) is 11.3 Å². The first kappa shape index (κ1) is 16.2. The number of benzene rings is 1. The summed E-state index contributed by atoms with van der Waals surface area (Å²) >= 11 is 6.87. The van der Waals surface area contributed by atoms with Crippen molar-refractivity contribution in [1.29, 1.82) is 0 Å². The number of hydrogen-bond donors (Lipinski definition) is 1. The average Bonchev–Trinajstić information content (AvgIpc) is 2.83. The molecular weight excluding hydrogens is 330 g/mol. The van der Waals surface area contributed by atoms with E-state index in [4.69, 9.17) is 16.3 Å². The third kappa shape index (κ3) is 3.92. The fourth-order valence-electron chi connectivity index (χ4n) is 1.56. The molecule has 0 radical (unpaired) electrons. The van der Waals surface area contributed by atoms with Crippen LogP contribution in [0.25, 0.3) is 0 Å². The molecular formula is C13H12ClN3O4S. The quantitative estimate of drug-likeness (QED) is 0.663. The number of hydrogen-bond acceptors (Lipinski definition) is 6. The molecule has 0 atom stereocenters. The summed E-state index contributed by atoms with van der Waals surface area (Å²) in [5.41, 5.74) is -1.35.